The van der Waals surface area contributed by atoms with E-state index in [-0.39, 0.29) is 0 Å². The van der Waals surface area contributed by atoms with E-state index < -0.39 is 0 Å². The number of hydrogen-bond acceptors (Lipinski definition) is 5. The summed E-state index contributed by atoms with van der Waals surface area (Å²) in [5.74, 6) is 0.675. The highest BCUT2D eigenvalue weighted by molar-refractivity contribution is 7.09. The van der Waals surface area contributed by atoms with Crippen LogP contribution >= 0.6 is 11.3 Å². The Labute approximate surface area is 103 Å². The fraction of sp³-hybridized carbons (Fsp3) is 0.167. The lowest BCUT2D eigenvalue weighted by Crippen LogP contribution is -2.00. The van der Waals surface area contributed by atoms with E-state index >= 15 is 0 Å². The van der Waals surface area contributed by atoms with Crippen molar-refractivity contribution in [2.24, 2.45) is 0 Å². The quantitative estimate of drug-likeness (QED) is 0.899. The van der Waals surface area contributed by atoms with Gasteiger partial charge in [-0.15, -0.1) is 11.3 Å². The minimum absolute atomic E-state index is 0.588. The van der Waals surface area contributed by atoms with Crippen LogP contribution in [-0.4, -0.2) is 12.1 Å². The van der Waals surface area contributed by atoms with Gasteiger partial charge in [-0.1, -0.05) is 0 Å². The SMILES string of the molecule is COc1cc(C#N)ccc1NCc1cncs1. The highest BCUT2D eigenvalue weighted by atomic mass is 32.1. The topological polar surface area (TPSA) is 57.9 Å². The van der Waals surface area contributed by atoms with Crippen molar-refractivity contribution in [3.63, 3.8) is 0 Å². The van der Waals surface area contributed by atoms with Gasteiger partial charge < -0.3 is 10.1 Å². The number of aromatic nitrogens is 1. The zero-order chi connectivity index (χ0) is 12.1. The third-order valence-corrected chi connectivity index (χ3v) is 3.05. The maximum Gasteiger partial charge on any atom is 0.143 e. The summed E-state index contributed by atoms with van der Waals surface area (Å²) in [5, 5.41) is 12.0. The Kier molecular flexibility index (Phi) is 3.58. The van der Waals surface area contributed by atoms with E-state index in [4.69, 9.17) is 10.00 Å². The first kappa shape index (κ1) is 11.4. The van der Waals surface area contributed by atoms with E-state index in [1.807, 2.05) is 12.3 Å². The maximum atomic E-state index is 8.80. The number of hydrogen-bond donors (Lipinski definition) is 1. The van der Waals surface area contributed by atoms with Crippen LogP contribution in [0.2, 0.25) is 0 Å². The normalized spacial score (nSPS) is 9.65. The summed E-state index contributed by atoms with van der Waals surface area (Å²) in [4.78, 5) is 5.16. The van der Waals surface area contributed by atoms with Crippen molar-refractivity contribution < 1.29 is 4.74 Å². The Morgan fingerprint density at radius 2 is 2.41 bits per heavy atom. The third kappa shape index (κ3) is 2.74. The van der Waals surface area contributed by atoms with Crippen molar-refractivity contribution in [2.45, 2.75) is 6.54 Å². The number of nitrogens with zero attached hydrogens (tertiary/aromatic N) is 2. The van der Waals surface area contributed by atoms with Gasteiger partial charge >= 0.3 is 0 Å². The third-order valence-electron chi connectivity index (χ3n) is 2.27. The predicted molar refractivity (Wildman–Crippen MR) is 67.1 cm³/mol. The molecule has 1 aromatic carbocycles. The number of methoxy groups -OCH3 is 1. The highest BCUT2D eigenvalue weighted by Gasteiger charge is 2.04. The molecule has 0 saturated heterocycles. The molecule has 2 rings (SSSR count). The maximum absolute atomic E-state index is 8.80. The van der Waals surface area contributed by atoms with Crippen LogP contribution < -0.4 is 10.1 Å². The largest absolute Gasteiger partial charge is 0.495 e. The highest BCUT2D eigenvalue weighted by Crippen LogP contribution is 2.26. The standard InChI is InChI=1S/C12H11N3OS/c1-16-12-4-9(5-13)2-3-11(12)15-7-10-6-14-8-17-10/h2-4,6,8,15H,7H2,1H3. The van der Waals surface area contributed by atoms with E-state index in [9.17, 15) is 0 Å². The van der Waals surface area contributed by atoms with E-state index in [1.54, 1.807) is 36.1 Å². The molecule has 4 nitrogen and oxygen atoms in total. The molecule has 0 spiro atoms. The van der Waals surface area contributed by atoms with Crippen molar-refractivity contribution in [3.05, 3.63) is 40.3 Å². The first-order valence-electron chi connectivity index (χ1n) is 5.03. The molecule has 2 aromatic rings. The second-order valence-electron chi connectivity index (χ2n) is 3.35. The van der Waals surface area contributed by atoms with Crippen LogP contribution in [0.4, 0.5) is 5.69 Å². The minimum Gasteiger partial charge on any atom is -0.495 e. The molecule has 1 aromatic heterocycles. The van der Waals surface area contributed by atoms with Crippen LogP contribution in [0.25, 0.3) is 0 Å². The average molecular weight is 245 g/mol. The summed E-state index contributed by atoms with van der Waals surface area (Å²) < 4.78 is 5.23. The van der Waals surface area contributed by atoms with E-state index in [2.05, 4.69) is 16.4 Å². The molecule has 0 saturated carbocycles. The van der Waals surface area contributed by atoms with Crippen LogP contribution in [0.1, 0.15) is 10.4 Å². The number of ether oxygens (including phenoxy) is 1. The van der Waals surface area contributed by atoms with Crippen molar-refractivity contribution >= 4 is 17.0 Å². The zero-order valence-electron chi connectivity index (χ0n) is 9.30. The van der Waals surface area contributed by atoms with Crippen LogP contribution in [-0.2, 0) is 6.54 Å². The van der Waals surface area contributed by atoms with Crippen LogP contribution in [0.15, 0.2) is 29.9 Å². The molecule has 0 fully saturated rings. The lowest BCUT2D eigenvalue weighted by molar-refractivity contribution is 0.416. The fourth-order valence-corrected chi connectivity index (χ4v) is 1.95. The Balaban J connectivity index is 2.13. The average Bonchev–Trinajstić information content (AvgIpc) is 2.89. The molecular formula is C12H11N3OS. The van der Waals surface area contributed by atoms with Crippen LogP contribution in [0.5, 0.6) is 5.75 Å². The first-order chi connectivity index (χ1) is 8.33. The van der Waals surface area contributed by atoms with Crippen LogP contribution in [0.3, 0.4) is 0 Å². The van der Waals surface area contributed by atoms with Crippen molar-refractivity contribution in [1.29, 1.82) is 5.26 Å². The molecule has 0 aliphatic rings. The molecule has 17 heavy (non-hydrogen) atoms. The zero-order valence-corrected chi connectivity index (χ0v) is 10.1. The number of nitriles is 1. The Morgan fingerprint density at radius 1 is 1.53 bits per heavy atom. The van der Waals surface area contributed by atoms with E-state index in [0.717, 1.165) is 10.6 Å². The molecule has 0 radical (unpaired) electrons. The van der Waals surface area contributed by atoms with Crippen LogP contribution in [0, 0.1) is 11.3 Å². The fourth-order valence-electron chi connectivity index (χ4n) is 1.42. The Bertz CT molecular complexity index is 531. The molecule has 5 heteroatoms. The number of anilines is 1. The summed E-state index contributed by atoms with van der Waals surface area (Å²) in [6.07, 6.45) is 1.83. The van der Waals surface area contributed by atoms with Gasteiger partial charge in [-0.05, 0) is 12.1 Å². The van der Waals surface area contributed by atoms with E-state index in [0.29, 0.717) is 17.9 Å². The van der Waals surface area contributed by atoms with Gasteiger partial charge in [0.2, 0.25) is 0 Å². The summed E-state index contributed by atoms with van der Waals surface area (Å²) in [6, 6.07) is 7.41. The van der Waals surface area contributed by atoms with Gasteiger partial charge in [-0.2, -0.15) is 5.26 Å². The summed E-state index contributed by atoms with van der Waals surface area (Å²) in [7, 11) is 1.59. The van der Waals surface area contributed by atoms with Gasteiger partial charge in [0.15, 0.2) is 0 Å². The second kappa shape index (κ2) is 5.32. The minimum atomic E-state index is 0.588. The van der Waals surface area contributed by atoms with Gasteiger partial charge in [-0.3, -0.25) is 4.98 Å². The van der Waals surface area contributed by atoms with Gasteiger partial charge in [0.05, 0.1) is 36.5 Å². The summed E-state index contributed by atoms with van der Waals surface area (Å²) >= 11 is 1.60. The predicted octanol–water partition coefficient (Wildman–Crippen LogP) is 2.64. The molecule has 1 heterocycles. The van der Waals surface area contributed by atoms with Gasteiger partial charge in [-0.25, -0.2) is 0 Å². The molecule has 0 bridgehead atoms. The molecule has 0 aliphatic carbocycles. The Hall–Kier alpha value is -2.06. The lowest BCUT2D eigenvalue weighted by atomic mass is 10.2. The Morgan fingerprint density at radius 3 is 3.06 bits per heavy atom. The second-order valence-corrected chi connectivity index (χ2v) is 4.32. The first-order valence-corrected chi connectivity index (χ1v) is 5.91. The number of nitrogens with one attached hydrogen (secondary N) is 1. The van der Waals surface area contributed by atoms with Gasteiger partial charge in [0.25, 0.3) is 0 Å². The molecule has 0 atom stereocenters. The molecule has 0 amide bonds. The molecule has 0 unspecified atom stereocenters. The number of benzene rings is 1. The molecular weight excluding hydrogens is 234 g/mol. The monoisotopic (exact) mass is 245 g/mol. The van der Waals surface area contributed by atoms with Crippen molar-refractivity contribution in [1.82, 2.24) is 4.98 Å². The molecule has 1 N–H and O–H groups in total. The summed E-state index contributed by atoms with van der Waals surface area (Å²) in [6.45, 7) is 0.701. The lowest BCUT2D eigenvalue weighted by Gasteiger charge is -2.10. The van der Waals surface area contributed by atoms with E-state index in [1.165, 1.54) is 0 Å². The molecule has 86 valence electrons. The van der Waals surface area contributed by atoms with Crippen molar-refractivity contribution in [2.75, 3.05) is 12.4 Å². The molecule has 0 aliphatic heterocycles. The smallest absolute Gasteiger partial charge is 0.143 e. The van der Waals surface area contributed by atoms with Crippen molar-refractivity contribution in [3.8, 4) is 11.8 Å². The van der Waals surface area contributed by atoms with Gasteiger partial charge in [0.1, 0.15) is 5.75 Å². The number of thiazole rings is 1. The van der Waals surface area contributed by atoms with Gasteiger partial charge in [0, 0.05) is 17.1 Å². The number of rotatable bonds is 4. The summed E-state index contributed by atoms with van der Waals surface area (Å²) in [5.41, 5.74) is 3.26.